The van der Waals surface area contributed by atoms with Gasteiger partial charge >= 0.3 is 5.97 Å². The molecule has 1 amide bonds. The monoisotopic (exact) mass is 552 g/mol. The van der Waals surface area contributed by atoms with Crippen LogP contribution >= 0.6 is 0 Å². The van der Waals surface area contributed by atoms with Gasteiger partial charge in [0, 0.05) is 31.6 Å². The number of carbonyl (C=O) groups excluding carboxylic acids is 1. The summed E-state index contributed by atoms with van der Waals surface area (Å²) in [7, 11) is 0. The molecule has 1 fully saturated rings. The van der Waals surface area contributed by atoms with Gasteiger partial charge in [0.25, 0.3) is 0 Å². The van der Waals surface area contributed by atoms with E-state index in [1.807, 2.05) is 41.3 Å². The molecule has 216 valence electrons. The first-order valence-corrected chi connectivity index (χ1v) is 14.5. The van der Waals surface area contributed by atoms with Crippen molar-refractivity contribution in [3.8, 4) is 23.0 Å². The molecule has 9 heteroatoms. The van der Waals surface area contributed by atoms with Crippen molar-refractivity contribution in [1.82, 2.24) is 9.80 Å². The molecule has 3 aliphatic heterocycles. The zero-order valence-corrected chi connectivity index (χ0v) is 23.5. The summed E-state index contributed by atoms with van der Waals surface area (Å²) >= 11 is 0. The number of carboxylic acid groups (broad SMARTS) is 1. The molecule has 1 saturated heterocycles. The Bertz CT molecular complexity index is 1190. The fraction of sp³-hybridized carbons (Fsp3) is 0.548. The first kappa shape index (κ1) is 28.1. The Kier molecular flexibility index (Phi) is 8.99. The summed E-state index contributed by atoms with van der Waals surface area (Å²) in [6.07, 6.45) is 5.14. The van der Waals surface area contributed by atoms with Gasteiger partial charge in [-0.3, -0.25) is 14.5 Å². The van der Waals surface area contributed by atoms with Gasteiger partial charge in [-0.2, -0.15) is 0 Å². The van der Waals surface area contributed by atoms with Crippen molar-refractivity contribution in [3.63, 3.8) is 0 Å². The molecule has 0 spiro atoms. The second kappa shape index (κ2) is 12.8. The van der Waals surface area contributed by atoms with E-state index in [-0.39, 0.29) is 38.0 Å². The number of unbranched alkanes of at least 4 members (excludes halogenated alkanes) is 2. The highest BCUT2D eigenvalue weighted by Crippen LogP contribution is 2.44. The maximum absolute atomic E-state index is 13.6. The Morgan fingerprint density at radius 1 is 0.950 bits per heavy atom. The van der Waals surface area contributed by atoms with E-state index in [9.17, 15) is 14.7 Å². The van der Waals surface area contributed by atoms with Crippen molar-refractivity contribution in [1.29, 1.82) is 0 Å². The first-order chi connectivity index (χ1) is 19.5. The molecule has 2 aromatic rings. The minimum atomic E-state index is -0.852. The van der Waals surface area contributed by atoms with Crippen LogP contribution in [-0.2, 0) is 16.0 Å². The van der Waals surface area contributed by atoms with Crippen molar-refractivity contribution in [3.05, 3.63) is 47.5 Å². The zero-order chi connectivity index (χ0) is 28.1. The molecule has 9 nitrogen and oxygen atoms in total. The molecular formula is C31H40N2O7. The summed E-state index contributed by atoms with van der Waals surface area (Å²) in [5.74, 6) is 0.996. The SMILES string of the molecule is CCCCN(CCCC)C(=O)CN1C[C@H](c2ccc3c(c2)OCO3)[C@@H](C(=O)O)[C@@H]1CCc1cccc2c1OCO2. The van der Waals surface area contributed by atoms with E-state index in [0.717, 1.165) is 55.6 Å². The summed E-state index contributed by atoms with van der Waals surface area (Å²) in [6.45, 7) is 6.75. The lowest BCUT2D eigenvalue weighted by Gasteiger charge is -2.30. The van der Waals surface area contributed by atoms with Gasteiger partial charge in [0.15, 0.2) is 23.0 Å². The van der Waals surface area contributed by atoms with Crippen molar-refractivity contribution in [2.24, 2.45) is 5.92 Å². The van der Waals surface area contributed by atoms with Crippen LogP contribution in [0.1, 0.15) is 63.0 Å². The number of hydrogen-bond acceptors (Lipinski definition) is 7. The van der Waals surface area contributed by atoms with E-state index in [1.54, 1.807) is 0 Å². The summed E-state index contributed by atoms with van der Waals surface area (Å²) < 4.78 is 22.3. The number of para-hydroxylation sites is 1. The Hall–Kier alpha value is -3.46. The zero-order valence-electron chi connectivity index (χ0n) is 23.5. The number of aliphatic carboxylic acids is 1. The second-order valence-electron chi connectivity index (χ2n) is 10.9. The number of nitrogens with zero attached hydrogens (tertiary/aromatic N) is 2. The van der Waals surface area contributed by atoms with Crippen molar-refractivity contribution in [2.75, 3.05) is 39.8 Å². The number of aryl methyl sites for hydroxylation is 1. The van der Waals surface area contributed by atoms with Crippen LogP contribution in [0.5, 0.6) is 23.0 Å². The van der Waals surface area contributed by atoms with Crippen LogP contribution in [0, 0.1) is 5.92 Å². The summed E-state index contributed by atoms with van der Waals surface area (Å²) in [5, 5.41) is 10.5. The standard InChI is InChI=1S/C31H40N2O7/c1-3-5-14-32(15-6-4-2)28(34)18-33-17-23(22-11-13-25-27(16-22)39-19-37-25)29(31(35)36)24(33)12-10-21-8-7-9-26-30(21)40-20-38-26/h7-9,11,13,16,23-24,29H,3-6,10,12,14-15,17-20H2,1-2H3,(H,35,36)/t23-,24+,29-/m1/s1. The van der Waals surface area contributed by atoms with Crippen LogP contribution in [0.3, 0.4) is 0 Å². The number of benzene rings is 2. The number of carbonyl (C=O) groups is 2. The number of hydrogen-bond donors (Lipinski definition) is 1. The van der Waals surface area contributed by atoms with Crippen LogP contribution in [-0.4, -0.2) is 72.6 Å². The number of rotatable bonds is 13. The molecule has 3 heterocycles. The maximum Gasteiger partial charge on any atom is 0.308 e. The fourth-order valence-electron chi connectivity index (χ4n) is 6.16. The molecule has 0 unspecified atom stereocenters. The third-order valence-corrected chi connectivity index (χ3v) is 8.30. The van der Waals surface area contributed by atoms with Crippen LogP contribution in [0.2, 0.25) is 0 Å². The van der Waals surface area contributed by atoms with E-state index >= 15 is 0 Å². The Labute approximate surface area is 235 Å². The van der Waals surface area contributed by atoms with E-state index in [1.165, 1.54) is 0 Å². The van der Waals surface area contributed by atoms with Crippen LogP contribution in [0.25, 0.3) is 0 Å². The molecule has 5 rings (SSSR count). The highest BCUT2D eigenvalue weighted by molar-refractivity contribution is 5.79. The second-order valence-corrected chi connectivity index (χ2v) is 10.9. The molecule has 0 aromatic heterocycles. The smallest absolute Gasteiger partial charge is 0.308 e. The number of likely N-dealkylation sites (tertiary alicyclic amines) is 1. The van der Waals surface area contributed by atoms with Gasteiger partial charge in [-0.05, 0) is 55.0 Å². The van der Waals surface area contributed by atoms with Gasteiger partial charge in [-0.25, -0.2) is 0 Å². The van der Waals surface area contributed by atoms with Gasteiger partial charge in [0.05, 0.1) is 12.5 Å². The Balaban J connectivity index is 1.41. The van der Waals surface area contributed by atoms with Gasteiger partial charge < -0.3 is 29.0 Å². The molecule has 2 aromatic carbocycles. The number of amides is 1. The number of fused-ring (bicyclic) bond motifs is 2. The molecular weight excluding hydrogens is 512 g/mol. The third-order valence-electron chi connectivity index (χ3n) is 8.30. The largest absolute Gasteiger partial charge is 0.481 e. The van der Waals surface area contributed by atoms with Crippen LogP contribution < -0.4 is 18.9 Å². The topological polar surface area (TPSA) is 97.8 Å². The minimum Gasteiger partial charge on any atom is -0.481 e. The third kappa shape index (κ3) is 5.99. The summed E-state index contributed by atoms with van der Waals surface area (Å²) in [5.41, 5.74) is 1.88. The molecule has 0 radical (unpaired) electrons. The van der Waals surface area contributed by atoms with E-state index in [2.05, 4.69) is 18.7 Å². The van der Waals surface area contributed by atoms with Crippen molar-refractivity contribution < 1.29 is 33.6 Å². The predicted molar refractivity (Wildman–Crippen MR) is 149 cm³/mol. The highest BCUT2D eigenvalue weighted by atomic mass is 16.7. The first-order valence-electron chi connectivity index (χ1n) is 14.5. The lowest BCUT2D eigenvalue weighted by atomic mass is 9.83. The molecule has 3 aliphatic rings. The lowest BCUT2D eigenvalue weighted by molar-refractivity contribution is -0.143. The quantitative estimate of drug-likeness (QED) is 0.383. The van der Waals surface area contributed by atoms with E-state index in [0.29, 0.717) is 36.6 Å². The van der Waals surface area contributed by atoms with Gasteiger partial charge in [0.1, 0.15) is 0 Å². The molecule has 3 atom stereocenters. The van der Waals surface area contributed by atoms with Crippen LogP contribution in [0.15, 0.2) is 36.4 Å². The minimum absolute atomic E-state index is 0.0692. The molecule has 1 N–H and O–H groups in total. The van der Waals surface area contributed by atoms with Crippen LogP contribution in [0.4, 0.5) is 0 Å². The number of carboxylic acids is 1. The van der Waals surface area contributed by atoms with Crippen molar-refractivity contribution >= 4 is 11.9 Å². The average Bonchev–Trinajstić information content (AvgIpc) is 3.70. The number of ether oxygens (including phenoxy) is 4. The molecule has 0 bridgehead atoms. The van der Waals surface area contributed by atoms with Gasteiger partial charge in [-0.1, -0.05) is 44.9 Å². The Morgan fingerprint density at radius 2 is 1.68 bits per heavy atom. The lowest BCUT2D eigenvalue weighted by Crippen LogP contribution is -2.44. The van der Waals surface area contributed by atoms with E-state index in [4.69, 9.17) is 18.9 Å². The van der Waals surface area contributed by atoms with Crippen molar-refractivity contribution in [2.45, 2.75) is 64.3 Å². The fourth-order valence-corrected chi connectivity index (χ4v) is 6.16. The predicted octanol–water partition coefficient (Wildman–Crippen LogP) is 4.67. The van der Waals surface area contributed by atoms with Gasteiger partial charge in [0.2, 0.25) is 19.5 Å². The molecule has 40 heavy (non-hydrogen) atoms. The summed E-state index contributed by atoms with van der Waals surface area (Å²) in [6, 6.07) is 11.2. The highest BCUT2D eigenvalue weighted by Gasteiger charge is 2.47. The summed E-state index contributed by atoms with van der Waals surface area (Å²) in [4.78, 5) is 30.5. The normalized spacial score (nSPS) is 21.1. The molecule has 0 saturated carbocycles. The molecule has 0 aliphatic carbocycles. The maximum atomic E-state index is 13.6. The average molecular weight is 553 g/mol. The Morgan fingerprint density at radius 3 is 2.42 bits per heavy atom. The van der Waals surface area contributed by atoms with E-state index < -0.39 is 11.9 Å². The van der Waals surface area contributed by atoms with Gasteiger partial charge in [-0.15, -0.1) is 0 Å².